The van der Waals surface area contributed by atoms with E-state index in [0.29, 0.717) is 6.61 Å². The van der Waals surface area contributed by atoms with E-state index >= 15 is 0 Å². The van der Waals surface area contributed by atoms with E-state index in [1.54, 1.807) is 12.4 Å². The second kappa shape index (κ2) is 4.42. The second-order valence-corrected chi connectivity index (χ2v) is 3.29. The van der Waals surface area contributed by atoms with Gasteiger partial charge in [-0.25, -0.2) is 0 Å². The number of benzene rings is 1. The van der Waals surface area contributed by atoms with Crippen molar-refractivity contribution in [2.75, 3.05) is 6.61 Å². The van der Waals surface area contributed by atoms with Crippen LogP contribution in [0.2, 0.25) is 0 Å². The molecular formula is C11H12BNO2. The number of fused-ring (bicyclic) bond motifs is 1. The lowest BCUT2D eigenvalue weighted by atomic mass is 9.79. The Morgan fingerprint density at radius 1 is 1.33 bits per heavy atom. The van der Waals surface area contributed by atoms with Gasteiger partial charge in [0, 0.05) is 19.0 Å². The van der Waals surface area contributed by atoms with Gasteiger partial charge in [-0.2, -0.15) is 0 Å². The molecular weight excluding hydrogens is 189 g/mol. The molecule has 4 heteroatoms. The molecule has 0 aliphatic carbocycles. The van der Waals surface area contributed by atoms with Crippen molar-refractivity contribution in [2.45, 2.75) is 6.92 Å². The molecule has 1 aromatic heterocycles. The fraction of sp³-hybridized carbons (Fsp3) is 0.182. The normalized spacial score (nSPS) is 10.5. The van der Waals surface area contributed by atoms with Crippen molar-refractivity contribution in [1.82, 2.24) is 4.98 Å². The summed E-state index contributed by atoms with van der Waals surface area (Å²) >= 11 is 0. The van der Waals surface area contributed by atoms with Crippen molar-refractivity contribution < 1.29 is 9.68 Å². The number of aromatic nitrogens is 1. The Hall–Kier alpha value is -1.39. The summed E-state index contributed by atoms with van der Waals surface area (Å²) in [5.41, 5.74) is 0.774. The lowest BCUT2D eigenvalue weighted by molar-refractivity contribution is 0.287. The van der Waals surface area contributed by atoms with Gasteiger partial charge in [-0.1, -0.05) is 18.2 Å². The van der Waals surface area contributed by atoms with Gasteiger partial charge in [-0.15, -0.1) is 0 Å². The quantitative estimate of drug-likeness (QED) is 0.752. The molecule has 0 atom stereocenters. The van der Waals surface area contributed by atoms with Crippen LogP contribution < -0.4 is 5.46 Å². The summed E-state index contributed by atoms with van der Waals surface area (Å²) in [7, 11) is -0.840. The third-order valence-corrected chi connectivity index (χ3v) is 2.27. The molecule has 0 saturated heterocycles. The van der Waals surface area contributed by atoms with Gasteiger partial charge in [0.25, 0.3) is 0 Å². The third kappa shape index (κ3) is 2.17. The second-order valence-electron chi connectivity index (χ2n) is 3.29. The smallest absolute Gasteiger partial charge is 0.423 e. The maximum Gasteiger partial charge on any atom is 0.491 e. The van der Waals surface area contributed by atoms with Crippen molar-refractivity contribution in [3.63, 3.8) is 0 Å². The van der Waals surface area contributed by atoms with Crippen LogP contribution in [0, 0.1) is 0 Å². The van der Waals surface area contributed by atoms with E-state index in [1.807, 2.05) is 31.2 Å². The summed E-state index contributed by atoms with van der Waals surface area (Å²) in [6.07, 6.45) is 3.53. The Morgan fingerprint density at radius 3 is 3.00 bits per heavy atom. The minimum absolute atomic E-state index is 0.496. The molecule has 0 bridgehead atoms. The molecule has 2 aromatic rings. The molecule has 1 aromatic carbocycles. The highest BCUT2D eigenvalue weighted by Crippen LogP contribution is 2.09. The number of nitrogens with zero attached hydrogens (tertiary/aromatic N) is 1. The molecule has 0 spiro atoms. The van der Waals surface area contributed by atoms with E-state index in [4.69, 9.17) is 4.65 Å². The predicted molar refractivity (Wildman–Crippen MR) is 61.0 cm³/mol. The van der Waals surface area contributed by atoms with Gasteiger partial charge in [-0.05, 0) is 29.2 Å². The first kappa shape index (κ1) is 10.1. The molecule has 1 N–H and O–H groups in total. The molecule has 0 aliphatic heterocycles. The van der Waals surface area contributed by atoms with Crippen LogP contribution in [0.3, 0.4) is 0 Å². The molecule has 15 heavy (non-hydrogen) atoms. The van der Waals surface area contributed by atoms with E-state index in [0.717, 1.165) is 16.2 Å². The Balaban J connectivity index is 2.38. The number of hydrogen-bond acceptors (Lipinski definition) is 3. The first-order valence-corrected chi connectivity index (χ1v) is 4.94. The van der Waals surface area contributed by atoms with Crippen LogP contribution in [0.15, 0.2) is 36.7 Å². The van der Waals surface area contributed by atoms with Crippen molar-refractivity contribution >= 4 is 23.4 Å². The van der Waals surface area contributed by atoms with Gasteiger partial charge >= 0.3 is 7.12 Å². The topological polar surface area (TPSA) is 42.4 Å². The maximum atomic E-state index is 9.64. The molecule has 0 saturated carbocycles. The highest BCUT2D eigenvalue weighted by Gasteiger charge is 2.15. The minimum atomic E-state index is -0.840. The zero-order chi connectivity index (χ0) is 10.7. The Labute approximate surface area is 88.9 Å². The highest BCUT2D eigenvalue weighted by atomic mass is 16.5. The summed E-state index contributed by atoms with van der Waals surface area (Å²) in [5.74, 6) is 0. The summed E-state index contributed by atoms with van der Waals surface area (Å²) in [6, 6.07) is 7.61. The SMILES string of the molecule is CCOB(O)c1ccc2cnccc2c1. The lowest BCUT2D eigenvalue weighted by Crippen LogP contribution is -2.33. The average Bonchev–Trinajstić information content (AvgIpc) is 2.29. The van der Waals surface area contributed by atoms with Crippen LogP contribution >= 0.6 is 0 Å². The Kier molecular flexibility index (Phi) is 2.99. The van der Waals surface area contributed by atoms with E-state index < -0.39 is 7.12 Å². The molecule has 0 unspecified atom stereocenters. The molecule has 0 radical (unpaired) electrons. The molecule has 3 nitrogen and oxygen atoms in total. The van der Waals surface area contributed by atoms with E-state index in [9.17, 15) is 5.02 Å². The van der Waals surface area contributed by atoms with Crippen molar-refractivity contribution in [3.8, 4) is 0 Å². The van der Waals surface area contributed by atoms with Crippen molar-refractivity contribution in [3.05, 3.63) is 36.7 Å². The fourth-order valence-electron chi connectivity index (χ4n) is 1.51. The third-order valence-electron chi connectivity index (χ3n) is 2.27. The van der Waals surface area contributed by atoms with Crippen LogP contribution in [0.25, 0.3) is 10.8 Å². The predicted octanol–water partition coefficient (Wildman–Crippen LogP) is 0.959. The van der Waals surface area contributed by atoms with Gasteiger partial charge in [0.1, 0.15) is 0 Å². The van der Waals surface area contributed by atoms with Crippen LogP contribution in [-0.2, 0) is 4.65 Å². The van der Waals surface area contributed by atoms with Crippen LogP contribution in [0.5, 0.6) is 0 Å². The van der Waals surface area contributed by atoms with Crippen molar-refractivity contribution in [2.24, 2.45) is 0 Å². The van der Waals surface area contributed by atoms with Crippen LogP contribution in [0.1, 0.15) is 6.92 Å². The molecule has 0 amide bonds. The van der Waals surface area contributed by atoms with Gasteiger partial charge in [0.15, 0.2) is 0 Å². The van der Waals surface area contributed by atoms with Gasteiger partial charge < -0.3 is 9.68 Å². The monoisotopic (exact) mass is 201 g/mol. The van der Waals surface area contributed by atoms with Crippen LogP contribution in [-0.4, -0.2) is 23.7 Å². The van der Waals surface area contributed by atoms with Gasteiger partial charge in [-0.3, -0.25) is 4.98 Å². The maximum absolute atomic E-state index is 9.64. The highest BCUT2D eigenvalue weighted by molar-refractivity contribution is 6.60. The largest absolute Gasteiger partial charge is 0.491 e. The summed E-state index contributed by atoms with van der Waals surface area (Å²) in [5, 5.41) is 11.8. The number of hydrogen-bond donors (Lipinski definition) is 1. The first-order valence-electron chi connectivity index (χ1n) is 4.94. The average molecular weight is 201 g/mol. The van der Waals surface area contributed by atoms with Gasteiger partial charge in [0.05, 0.1) is 0 Å². The van der Waals surface area contributed by atoms with E-state index in [-0.39, 0.29) is 0 Å². The van der Waals surface area contributed by atoms with E-state index in [2.05, 4.69) is 4.98 Å². The first-order chi connectivity index (χ1) is 7.31. The fourth-order valence-corrected chi connectivity index (χ4v) is 1.51. The molecule has 0 aliphatic rings. The summed E-state index contributed by atoms with van der Waals surface area (Å²) < 4.78 is 5.12. The molecule has 1 heterocycles. The van der Waals surface area contributed by atoms with E-state index in [1.165, 1.54) is 0 Å². The Morgan fingerprint density at radius 2 is 2.20 bits per heavy atom. The minimum Gasteiger partial charge on any atom is -0.423 e. The number of pyridine rings is 1. The molecule has 2 rings (SSSR count). The summed E-state index contributed by atoms with van der Waals surface area (Å²) in [4.78, 5) is 4.03. The van der Waals surface area contributed by atoms with Crippen molar-refractivity contribution in [1.29, 1.82) is 0 Å². The summed E-state index contributed by atoms with van der Waals surface area (Å²) in [6.45, 7) is 2.35. The standard InChI is InChI=1S/C11H12BNO2/c1-2-15-12(14)11-4-3-10-8-13-6-5-9(10)7-11/h3-8,14H,2H2,1H3. The van der Waals surface area contributed by atoms with Gasteiger partial charge in [0.2, 0.25) is 0 Å². The lowest BCUT2D eigenvalue weighted by Gasteiger charge is -2.06. The molecule has 0 fully saturated rings. The molecule has 76 valence electrons. The van der Waals surface area contributed by atoms with Crippen LogP contribution in [0.4, 0.5) is 0 Å². The zero-order valence-corrected chi connectivity index (χ0v) is 8.55. The zero-order valence-electron chi connectivity index (χ0n) is 8.55. The number of rotatable bonds is 3. The Bertz CT molecular complexity index is 461.